The number of hydrogen-bond donors (Lipinski definition) is 3. The third-order valence-electron chi connectivity index (χ3n) is 4.35. The zero-order valence-electron chi connectivity index (χ0n) is 12.9. The largest absolute Gasteiger partial charge is 0.391 e. The van der Waals surface area contributed by atoms with Gasteiger partial charge in [0.05, 0.1) is 12.2 Å². The Balaban J connectivity index is 5.55. The normalized spacial score (nSPS) is 24.9. The van der Waals surface area contributed by atoms with Gasteiger partial charge >= 0.3 is 0 Å². The molecule has 6 unspecified atom stereocenters. The molecule has 0 saturated heterocycles. The first-order valence-electron chi connectivity index (χ1n) is 6.29. The van der Waals surface area contributed by atoms with Gasteiger partial charge in [-0.15, -0.1) is 0 Å². The summed E-state index contributed by atoms with van der Waals surface area (Å²) in [6, 6.07) is 0. The Morgan fingerprint density at radius 2 is 1.26 bits per heavy atom. The molecule has 0 spiro atoms. The van der Waals surface area contributed by atoms with Gasteiger partial charge in [0.2, 0.25) is 0 Å². The van der Waals surface area contributed by atoms with Gasteiger partial charge in [-0.1, -0.05) is 0 Å². The van der Waals surface area contributed by atoms with E-state index >= 15 is 0 Å². The summed E-state index contributed by atoms with van der Waals surface area (Å²) in [6.07, 6.45) is -4.20. The molecule has 0 aromatic rings. The topological polar surface area (TPSA) is 88.4 Å². The van der Waals surface area contributed by atoms with Gasteiger partial charge in [0.25, 0.3) is 0 Å². The van der Waals surface area contributed by atoms with E-state index in [2.05, 4.69) is 0 Å². The lowest BCUT2D eigenvalue weighted by Gasteiger charge is -2.50. The molecule has 0 rings (SSSR count). The van der Waals surface area contributed by atoms with Crippen molar-refractivity contribution >= 4 is 0 Å². The second-order valence-electron chi connectivity index (χ2n) is 5.18. The summed E-state index contributed by atoms with van der Waals surface area (Å²) in [4.78, 5) is 0. The van der Waals surface area contributed by atoms with E-state index in [0.29, 0.717) is 0 Å². The molecule has 0 aromatic heterocycles. The van der Waals surface area contributed by atoms with E-state index in [-0.39, 0.29) is 0 Å². The molecule has 19 heavy (non-hydrogen) atoms. The molecule has 0 aliphatic carbocycles. The molecule has 0 aromatic carbocycles. The van der Waals surface area contributed by atoms with Gasteiger partial charge in [0, 0.05) is 21.3 Å². The Labute approximate surface area is 115 Å². The van der Waals surface area contributed by atoms with Gasteiger partial charge in [-0.25, -0.2) is 0 Å². The Hall–Kier alpha value is -0.240. The summed E-state index contributed by atoms with van der Waals surface area (Å²) in [5, 5.41) is 29.7. The van der Waals surface area contributed by atoms with E-state index in [1.54, 1.807) is 20.8 Å². The molecule has 0 aliphatic rings. The van der Waals surface area contributed by atoms with Crippen LogP contribution in [0.15, 0.2) is 0 Å². The minimum absolute atomic E-state index is 0.404. The fourth-order valence-corrected chi connectivity index (χ4v) is 2.20. The third-order valence-corrected chi connectivity index (χ3v) is 4.35. The average Bonchev–Trinajstić information content (AvgIpc) is 2.42. The molecule has 6 heteroatoms. The van der Waals surface area contributed by atoms with Crippen LogP contribution < -0.4 is 0 Å². The predicted octanol–water partition coefficient (Wildman–Crippen LogP) is -0.0659. The number of aliphatic hydroxyl groups is 3. The molecule has 0 aliphatic heterocycles. The van der Waals surface area contributed by atoms with Crippen LogP contribution in [0.3, 0.4) is 0 Å². The molecule has 6 nitrogen and oxygen atoms in total. The standard InChI is InChI=1S/C13H28O6/c1-8(14)10(15)11(16)13(4,19-7)12(3,18-6)9(2)17-5/h8-11,14-16H,1-7H3. The highest BCUT2D eigenvalue weighted by Crippen LogP contribution is 2.37. The van der Waals surface area contributed by atoms with Gasteiger partial charge in [-0.05, 0) is 27.7 Å². The Kier molecular flexibility index (Phi) is 6.88. The van der Waals surface area contributed by atoms with Crippen molar-refractivity contribution in [3.63, 3.8) is 0 Å². The number of rotatable bonds is 8. The second kappa shape index (κ2) is 6.97. The maximum Gasteiger partial charge on any atom is 0.124 e. The van der Waals surface area contributed by atoms with Crippen LogP contribution in [0.25, 0.3) is 0 Å². The van der Waals surface area contributed by atoms with Crippen molar-refractivity contribution in [3.8, 4) is 0 Å². The highest BCUT2D eigenvalue weighted by Gasteiger charge is 2.56. The maximum absolute atomic E-state index is 10.3. The summed E-state index contributed by atoms with van der Waals surface area (Å²) in [5.74, 6) is 0. The quantitative estimate of drug-likeness (QED) is 0.577. The fraction of sp³-hybridized carbons (Fsp3) is 1.00. The maximum atomic E-state index is 10.3. The van der Waals surface area contributed by atoms with Crippen LogP contribution in [-0.2, 0) is 14.2 Å². The molecule has 3 N–H and O–H groups in total. The van der Waals surface area contributed by atoms with Crippen LogP contribution in [0.1, 0.15) is 27.7 Å². The molecule has 6 atom stereocenters. The monoisotopic (exact) mass is 280 g/mol. The van der Waals surface area contributed by atoms with Crippen LogP contribution in [-0.4, -0.2) is 72.3 Å². The molecule has 0 amide bonds. The number of methoxy groups -OCH3 is 3. The van der Waals surface area contributed by atoms with Crippen molar-refractivity contribution in [2.45, 2.75) is 63.3 Å². The summed E-state index contributed by atoms with van der Waals surface area (Å²) in [6.45, 7) is 6.51. The van der Waals surface area contributed by atoms with Gasteiger partial charge in [-0.3, -0.25) is 0 Å². The summed E-state index contributed by atoms with van der Waals surface area (Å²) in [5.41, 5.74) is -2.29. The summed E-state index contributed by atoms with van der Waals surface area (Å²) in [7, 11) is 4.42. The van der Waals surface area contributed by atoms with Crippen molar-refractivity contribution in [3.05, 3.63) is 0 Å². The predicted molar refractivity (Wildman–Crippen MR) is 71.0 cm³/mol. The Morgan fingerprint density at radius 1 is 0.842 bits per heavy atom. The molecule has 0 heterocycles. The lowest BCUT2D eigenvalue weighted by molar-refractivity contribution is -0.265. The zero-order chi connectivity index (χ0) is 15.4. The first-order valence-corrected chi connectivity index (χ1v) is 6.29. The fourth-order valence-electron chi connectivity index (χ4n) is 2.20. The number of aliphatic hydroxyl groups excluding tert-OH is 3. The SMILES string of the molecule is COC(C)C(C)(OC)C(C)(OC)C(O)C(O)C(C)O. The van der Waals surface area contributed by atoms with Crippen molar-refractivity contribution in [1.82, 2.24) is 0 Å². The van der Waals surface area contributed by atoms with Crippen LogP contribution in [0.5, 0.6) is 0 Å². The molecule has 0 saturated carbocycles. The van der Waals surface area contributed by atoms with Crippen molar-refractivity contribution in [1.29, 1.82) is 0 Å². The minimum Gasteiger partial charge on any atom is -0.391 e. The molecule has 0 radical (unpaired) electrons. The van der Waals surface area contributed by atoms with Crippen molar-refractivity contribution < 1.29 is 29.5 Å². The van der Waals surface area contributed by atoms with E-state index < -0.39 is 35.6 Å². The number of ether oxygens (including phenoxy) is 3. The van der Waals surface area contributed by atoms with E-state index in [9.17, 15) is 15.3 Å². The van der Waals surface area contributed by atoms with Crippen LogP contribution in [0.4, 0.5) is 0 Å². The Bertz CT molecular complexity index is 272. The molecule has 116 valence electrons. The van der Waals surface area contributed by atoms with E-state index in [1.165, 1.54) is 28.3 Å². The van der Waals surface area contributed by atoms with E-state index in [1.807, 2.05) is 0 Å². The molecule has 0 bridgehead atoms. The lowest BCUT2D eigenvalue weighted by atomic mass is 9.75. The second-order valence-corrected chi connectivity index (χ2v) is 5.18. The summed E-state index contributed by atoms with van der Waals surface area (Å²) < 4.78 is 16.2. The van der Waals surface area contributed by atoms with Crippen LogP contribution in [0.2, 0.25) is 0 Å². The highest BCUT2D eigenvalue weighted by molar-refractivity contribution is 5.07. The molecular formula is C13H28O6. The van der Waals surface area contributed by atoms with Crippen LogP contribution >= 0.6 is 0 Å². The van der Waals surface area contributed by atoms with Gasteiger partial charge < -0.3 is 29.5 Å². The Morgan fingerprint density at radius 3 is 1.53 bits per heavy atom. The lowest BCUT2D eigenvalue weighted by Crippen LogP contribution is -2.68. The molecular weight excluding hydrogens is 252 g/mol. The van der Waals surface area contributed by atoms with Crippen LogP contribution in [0, 0.1) is 0 Å². The molecule has 0 fully saturated rings. The van der Waals surface area contributed by atoms with Crippen molar-refractivity contribution in [2.75, 3.05) is 21.3 Å². The third kappa shape index (κ3) is 3.26. The van der Waals surface area contributed by atoms with Gasteiger partial charge in [0.1, 0.15) is 23.4 Å². The van der Waals surface area contributed by atoms with Gasteiger partial charge in [-0.2, -0.15) is 0 Å². The summed E-state index contributed by atoms with van der Waals surface area (Å²) >= 11 is 0. The average molecular weight is 280 g/mol. The first-order chi connectivity index (χ1) is 8.62. The minimum atomic E-state index is -1.36. The van der Waals surface area contributed by atoms with Gasteiger partial charge in [0.15, 0.2) is 0 Å². The highest BCUT2D eigenvalue weighted by atomic mass is 16.6. The smallest absolute Gasteiger partial charge is 0.124 e. The van der Waals surface area contributed by atoms with E-state index in [4.69, 9.17) is 14.2 Å². The van der Waals surface area contributed by atoms with Crippen molar-refractivity contribution in [2.24, 2.45) is 0 Å². The van der Waals surface area contributed by atoms with E-state index in [0.717, 1.165) is 0 Å². The zero-order valence-corrected chi connectivity index (χ0v) is 12.9. The number of hydrogen-bond acceptors (Lipinski definition) is 6. The first kappa shape index (κ1) is 18.8.